The largest absolute Gasteiger partial charge is 0.476 e. The van der Waals surface area contributed by atoms with Crippen LogP contribution in [0.5, 0.6) is 0 Å². The van der Waals surface area contributed by atoms with Crippen LogP contribution >= 0.6 is 0 Å². The second-order valence-corrected chi connectivity index (χ2v) is 3.28. The minimum Gasteiger partial charge on any atom is -0.476 e. The minimum absolute atomic E-state index is 0.0397. The summed E-state index contributed by atoms with van der Waals surface area (Å²) in [5.74, 6) is -1.37. The van der Waals surface area contributed by atoms with E-state index >= 15 is 0 Å². The van der Waals surface area contributed by atoms with Crippen LogP contribution in [0.2, 0.25) is 0 Å². The zero-order valence-corrected chi connectivity index (χ0v) is 7.74. The molecule has 0 radical (unpaired) electrons. The summed E-state index contributed by atoms with van der Waals surface area (Å²) in [5.41, 5.74) is -0.520. The average molecular weight is 237 g/mol. The number of carboxylic acids is 1. The van der Waals surface area contributed by atoms with E-state index in [1.165, 1.54) is 0 Å². The quantitative estimate of drug-likeness (QED) is 0.798. The summed E-state index contributed by atoms with van der Waals surface area (Å²) in [7, 11) is 0. The Labute approximate surface area is 86.8 Å². The van der Waals surface area contributed by atoms with Gasteiger partial charge in [-0.05, 0) is 0 Å². The minimum atomic E-state index is -4.52. The van der Waals surface area contributed by atoms with Crippen molar-refractivity contribution in [2.45, 2.75) is 25.3 Å². The molecule has 1 aliphatic rings. The van der Waals surface area contributed by atoms with Crippen molar-refractivity contribution in [1.29, 1.82) is 0 Å². The van der Waals surface area contributed by atoms with Crippen molar-refractivity contribution >= 4 is 5.97 Å². The van der Waals surface area contributed by atoms with Gasteiger partial charge < -0.3 is 14.4 Å². The Bertz CT molecular complexity index is 425. The van der Waals surface area contributed by atoms with Crippen molar-refractivity contribution in [2.75, 3.05) is 0 Å². The smallest absolute Gasteiger partial charge is 0.414 e. The molecule has 1 aliphatic heterocycles. The first-order chi connectivity index (χ1) is 7.39. The molecule has 0 aromatic carbocycles. The molecule has 1 unspecified atom stereocenters. The molecule has 88 valence electrons. The van der Waals surface area contributed by atoms with E-state index in [-0.39, 0.29) is 11.3 Å². The maximum Gasteiger partial charge on any atom is 0.414 e. The highest BCUT2D eigenvalue weighted by atomic mass is 19.4. The van der Waals surface area contributed by atoms with E-state index in [4.69, 9.17) is 5.11 Å². The number of ether oxygens (including phenoxy) is 1. The number of hydrogen-bond donors (Lipinski definition) is 1. The average Bonchev–Trinajstić information content (AvgIpc) is 2.58. The fourth-order valence-electron chi connectivity index (χ4n) is 1.47. The number of rotatable bonds is 1. The summed E-state index contributed by atoms with van der Waals surface area (Å²) in [6.07, 6.45) is -7.10. The molecular weight excluding hydrogens is 231 g/mol. The lowest BCUT2D eigenvalue weighted by molar-refractivity contribution is -0.228. The first-order valence-electron chi connectivity index (χ1n) is 4.28. The number of aromatic nitrogens is 1. The van der Waals surface area contributed by atoms with Crippen LogP contribution in [0.1, 0.15) is 21.8 Å². The normalized spacial score (nSPS) is 20.6. The van der Waals surface area contributed by atoms with Crippen LogP contribution < -0.4 is 0 Å². The van der Waals surface area contributed by atoms with Gasteiger partial charge in [-0.2, -0.15) is 13.2 Å². The third kappa shape index (κ3) is 1.75. The number of carbonyl (C=O) groups is 1. The lowest BCUT2D eigenvalue weighted by Crippen LogP contribution is -2.36. The molecule has 1 atom stereocenters. The van der Waals surface area contributed by atoms with Gasteiger partial charge in [0.2, 0.25) is 0 Å². The van der Waals surface area contributed by atoms with Gasteiger partial charge >= 0.3 is 12.1 Å². The van der Waals surface area contributed by atoms with Gasteiger partial charge in [-0.1, -0.05) is 5.16 Å². The summed E-state index contributed by atoms with van der Waals surface area (Å²) in [4.78, 5) is 10.6. The molecule has 0 saturated carbocycles. The van der Waals surface area contributed by atoms with Crippen LogP contribution in [-0.4, -0.2) is 28.5 Å². The number of aromatic carboxylic acids is 1. The first-order valence-corrected chi connectivity index (χ1v) is 4.28. The van der Waals surface area contributed by atoms with Gasteiger partial charge in [-0.15, -0.1) is 0 Å². The zero-order chi connectivity index (χ0) is 11.9. The maximum absolute atomic E-state index is 12.4. The number of halogens is 3. The first kappa shape index (κ1) is 10.9. The number of hydrogen-bond acceptors (Lipinski definition) is 4. The van der Waals surface area contributed by atoms with E-state index in [9.17, 15) is 18.0 Å². The Morgan fingerprint density at radius 3 is 2.75 bits per heavy atom. The lowest BCUT2D eigenvalue weighted by Gasteiger charge is -2.23. The Hall–Kier alpha value is -1.57. The Balaban J connectivity index is 2.31. The van der Waals surface area contributed by atoms with Gasteiger partial charge in [0.25, 0.3) is 0 Å². The molecule has 0 bridgehead atoms. The molecule has 1 aromatic heterocycles. The highest BCUT2D eigenvalue weighted by molar-refractivity contribution is 5.87. The van der Waals surface area contributed by atoms with Crippen LogP contribution in [0, 0.1) is 0 Å². The summed E-state index contributed by atoms with van der Waals surface area (Å²) < 4.78 is 46.1. The summed E-state index contributed by atoms with van der Waals surface area (Å²) in [6.45, 7) is -0.417. The van der Waals surface area contributed by atoms with E-state index in [0.717, 1.165) is 0 Å². The van der Waals surface area contributed by atoms with Gasteiger partial charge in [0.05, 0.1) is 0 Å². The van der Waals surface area contributed by atoms with Gasteiger partial charge in [0.15, 0.2) is 17.6 Å². The van der Waals surface area contributed by atoms with Gasteiger partial charge in [0.1, 0.15) is 6.61 Å². The second kappa shape index (κ2) is 3.48. The topological polar surface area (TPSA) is 72.6 Å². The van der Waals surface area contributed by atoms with Crippen molar-refractivity contribution in [3.8, 4) is 0 Å². The Kier molecular flexibility index (Phi) is 2.38. The van der Waals surface area contributed by atoms with Crippen LogP contribution in [0.15, 0.2) is 4.52 Å². The van der Waals surface area contributed by atoms with E-state index in [1.807, 2.05) is 0 Å². The van der Waals surface area contributed by atoms with Gasteiger partial charge in [-0.25, -0.2) is 4.79 Å². The highest BCUT2D eigenvalue weighted by Gasteiger charge is 2.45. The molecule has 8 heteroatoms. The van der Waals surface area contributed by atoms with E-state index in [2.05, 4.69) is 14.4 Å². The van der Waals surface area contributed by atoms with Crippen LogP contribution in [-0.2, 0) is 17.8 Å². The predicted molar refractivity (Wildman–Crippen MR) is 41.8 cm³/mol. The van der Waals surface area contributed by atoms with Gasteiger partial charge in [-0.3, -0.25) is 0 Å². The lowest BCUT2D eigenvalue weighted by atomic mass is 10.0. The molecule has 2 rings (SSSR count). The second-order valence-electron chi connectivity index (χ2n) is 3.28. The summed E-state index contributed by atoms with van der Waals surface area (Å²) in [6, 6.07) is 0. The molecule has 5 nitrogen and oxygen atoms in total. The van der Waals surface area contributed by atoms with Crippen molar-refractivity contribution in [2.24, 2.45) is 0 Å². The van der Waals surface area contributed by atoms with Crippen LogP contribution in [0.25, 0.3) is 0 Å². The van der Waals surface area contributed by atoms with E-state index in [0.29, 0.717) is 0 Å². The highest BCUT2D eigenvalue weighted by Crippen LogP contribution is 2.32. The molecule has 0 saturated heterocycles. The van der Waals surface area contributed by atoms with Crippen molar-refractivity contribution in [1.82, 2.24) is 5.16 Å². The van der Waals surface area contributed by atoms with E-state index in [1.54, 1.807) is 0 Å². The van der Waals surface area contributed by atoms with Crippen molar-refractivity contribution in [3.63, 3.8) is 0 Å². The monoisotopic (exact) mass is 237 g/mol. The molecule has 0 spiro atoms. The summed E-state index contributed by atoms with van der Waals surface area (Å²) >= 11 is 0. The number of carboxylic acid groups (broad SMARTS) is 1. The third-order valence-corrected chi connectivity index (χ3v) is 2.24. The molecular formula is C8H6F3NO4. The SMILES string of the molecule is O=C(O)c1noc2c1CC(C(F)(F)F)OC2. The van der Waals surface area contributed by atoms with Gasteiger partial charge in [0, 0.05) is 12.0 Å². The van der Waals surface area contributed by atoms with Crippen LogP contribution in [0.3, 0.4) is 0 Å². The maximum atomic E-state index is 12.4. The molecule has 0 fully saturated rings. The molecule has 0 amide bonds. The molecule has 16 heavy (non-hydrogen) atoms. The molecule has 2 heterocycles. The number of nitrogens with zero attached hydrogens (tertiary/aromatic N) is 1. The predicted octanol–water partition coefficient (Wildman–Crippen LogP) is 1.38. The third-order valence-electron chi connectivity index (χ3n) is 2.24. The standard InChI is InChI=1S/C8H6F3NO4/c9-8(10,11)5-1-3-4(2-15-5)16-12-6(3)7(13)14/h5H,1-2H2,(H,13,14). The zero-order valence-electron chi connectivity index (χ0n) is 7.74. The number of fused-ring (bicyclic) bond motifs is 1. The van der Waals surface area contributed by atoms with E-state index < -0.39 is 37.0 Å². The molecule has 1 aromatic rings. The van der Waals surface area contributed by atoms with Crippen molar-refractivity contribution in [3.05, 3.63) is 17.0 Å². The molecule has 0 aliphatic carbocycles. The Morgan fingerprint density at radius 1 is 1.50 bits per heavy atom. The summed E-state index contributed by atoms with van der Waals surface area (Å²) in [5, 5.41) is 11.9. The Morgan fingerprint density at radius 2 is 2.19 bits per heavy atom. The molecule has 1 N–H and O–H groups in total. The van der Waals surface area contributed by atoms with Crippen LogP contribution in [0.4, 0.5) is 13.2 Å². The van der Waals surface area contributed by atoms with Crippen molar-refractivity contribution < 1.29 is 32.3 Å². The fourth-order valence-corrected chi connectivity index (χ4v) is 1.47. The fraction of sp³-hybridized carbons (Fsp3) is 0.500. The number of alkyl halides is 3.